The van der Waals surface area contributed by atoms with Crippen molar-refractivity contribution in [3.05, 3.63) is 63.0 Å². The number of hydrogen-bond donors (Lipinski definition) is 3. The summed E-state index contributed by atoms with van der Waals surface area (Å²) in [6, 6.07) is 12.2. The Kier molecular flexibility index (Phi) is 4.78. The van der Waals surface area contributed by atoms with Crippen molar-refractivity contribution < 1.29 is 9.60 Å². The lowest BCUT2D eigenvalue weighted by Crippen LogP contribution is -2.14. The van der Waals surface area contributed by atoms with Crippen LogP contribution in [-0.4, -0.2) is 11.0 Å². The van der Waals surface area contributed by atoms with Crippen LogP contribution in [0.15, 0.2) is 47.6 Å². The molecule has 0 unspecified atom stereocenters. The molecule has 2 aromatic carbocycles. The van der Waals surface area contributed by atoms with Gasteiger partial charge in [-0.15, -0.1) is 0 Å². The summed E-state index contributed by atoms with van der Waals surface area (Å²) in [6.07, 6.45) is 0. The number of oxime groups is 1. The van der Waals surface area contributed by atoms with Crippen molar-refractivity contribution in [2.75, 3.05) is 5.32 Å². The predicted molar refractivity (Wildman–Crippen MR) is 85.4 cm³/mol. The largest absolute Gasteiger partial charge is 0.409 e. The van der Waals surface area contributed by atoms with Crippen molar-refractivity contribution in [3.63, 3.8) is 0 Å². The van der Waals surface area contributed by atoms with Gasteiger partial charge in [-0.1, -0.05) is 11.2 Å². The maximum Gasteiger partial charge on any atom is 0.170 e. The van der Waals surface area contributed by atoms with Crippen molar-refractivity contribution in [2.24, 2.45) is 10.9 Å². The van der Waals surface area contributed by atoms with Crippen LogP contribution in [0.4, 0.5) is 10.1 Å². The molecule has 4 N–H and O–H groups in total. The second-order valence-electron chi connectivity index (χ2n) is 4.20. The van der Waals surface area contributed by atoms with Crippen LogP contribution in [0.2, 0.25) is 0 Å². The molecule has 0 bridgehead atoms. The minimum absolute atomic E-state index is 0.111. The van der Waals surface area contributed by atoms with Gasteiger partial charge in [-0.05, 0) is 64.6 Å². The molecule has 0 fully saturated rings. The van der Waals surface area contributed by atoms with E-state index in [-0.39, 0.29) is 5.84 Å². The number of nitrogens with zero attached hydrogens (tertiary/aromatic N) is 1. The summed E-state index contributed by atoms with van der Waals surface area (Å²) in [5.41, 5.74) is 7.49. The third kappa shape index (κ3) is 3.83. The van der Waals surface area contributed by atoms with E-state index in [1.165, 1.54) is 12.1 Å². The fraction of sp³-hybridized carbons (Fsp3) is 0.0714. The second kappa shape index (κ2) is 6.56. The van der Waals surface area contributed by atoms with Crippen molar-refractivity contribution >= 4 is 34.1 Å². The molecule has 2 rings (SSSR count). The molecule has 0 aliphatic heterocycles. The lowest BCUT2D eigenvalue weighted by Gasteiger charge is -2.09. The van der Waals surface area contributed by atoms with Crippen molar-refractivity contribution in [2.45, 2.75) is 6.54 Å². The van der Waals surface area contributed by atoms with E-state index in [1.807, 2.05) is 24.3 Å². The lowest BCUT2D eigenvalue weighted by atomic mass is 10.1. The fourth-order valence-electron chi connectivity index (χ4n) is 1.76. The Hall–Kier alpha value is -1.83. The zero-order valence-corrected chi connectivity index (χ0v) is 12.6. The molecule has 4 nitrogen and oxygen atoms in total. The van der Waals surface area contributed by atoms with Gasteiger partial charge in [-0.3, -0.25) is 0 Å². The number of benzene rings is 2. The van der Waals surface area contributed by atoms with Crippen LogP contribution in [0, 0.1) is 9.39 Å². The second-order valence-corrected chi connectivity index (χ2v) is 5.44. The molecule has 0 aromatic heterocycles. The highest BCUT2D eigenvalue weighted by molar-refractivity contribution is 14.1. The summed E-state index contributed by atoms with van der Waals surface area (Å²) in [4.78, 5) is 0. The van der Waals surface area contributed by atoms with Crippen LogP contribution in [0.3, 0.4) is 0 Å². The van der Waals surface area contributed by atoms with Crippen LogP contribution in [-0.2, 0) is 6.54 Å². The quantitative estimate of drug-likeness (QED) is 0.249. The van der Waals surface area contributed by atoms with Crippen molar-refractivity contribution in [1.29, 1.82) is 0 Å². The predicted octanol–water partition coefficient (Wildman–Crippen LogP) is 3.14. The number of hydrogen-bond acceptors (Lipinski definition) is 3. The maximum atomic E-state index is 13.5. The average Bonchev–Trinajstić information content (AvgIpc) is 2.44. The molecule has 104 valence electrons. The van der Waals surface area contributed by atoms with Gasteiger partial charge >= 0.3 is 0 Å². The van der Waals surface area contributed by atoms with Crippen LogP contribution < -0.4 is 11.1 Å². The SMILES string of the molecule is N/C(=N/O)c1cc(F)cc(CNc2cccc(I)c2)c1. The van der Waals surface area contributed by atoms with Crippen LogP contribution in [0.25, 0.3) is 0 Å². The standard InChI is InChI=1S/C14H13FIN3O/c15-11-5-9(4-10(6-11)14(17)19-20)8-18-13-3-1-2-12(16)7-13/h1-7,18,20H,8H2,(H2,17,19). The molecule has 0 atom stereocenters. The molecule has 0 aliphatic rings. The molecule has 0 amide bonds. The van der Waals surface area contributed by atoms with E-state index in [4.69, 9.17) is 10.9 Å². The van der Waals surface area contributed by atoms with E-state index >= 15 is 0 Å². The fourth-order valence-corrected chi connectivity index (χ4v) is 2.30. The molecule has 6 heteroatoms. The number of amidine groups is 1. The summed E-state index contributed by atoms with van der Waals surface area (Å²) in [5.74, 6) is -0.534. The zero-order valence-electron chi connectivity index (χ0n) is 10.5. The first-order chi connectivity index (χ1) is 9.58. The highest BCUT2D eigenvalue weighted by Crippen LogP contribution is 2.15. The van der Waals surface area contributed by atoms with E-state index in [0.29, 0.717) is 17.7 Å². The monoisotopic (exact) mass is 385 g/mol. The van der Waals surface area contributed by atoms with E-state index in [9.17, 15) is 4.39 Å². The molecule has 0 heterocycles. The molecule has 0 radical (unpaired) electrons. The number of nitrogens with one attached hydrogen (secondary N) is 1. The zero-order chi connectivity index (χ0) is 14.5. The van der Waals surface area contributed by atoms with Gasteiger partial charge in [0.15, 0.2) is 5.84 Å². The van der Waals surface area contributed by atoms with Crippen molar-refractivity contribution in [3.8, 4) is 0 Å². The summed E-state index contributed by atoms with van der Waals surface area (Å²) >= 11 is 2.22. The summed E-state index contributed by atoms with van der Waals surface area (Å²) in [7, 11) is 0. The Labute approximate surface area is 129 Å². The minimum atomic E-state index is -0.423. The smallest absolute Gasteiger partial charge is 0.170 e. The first-order valence-electron chi connectivity index (χ1n) is 5.85. The highest BCUT2D eigenvalue weighted by Gasteiger charge is 2.05. The van der Waals surface area contributed by atoms with Crippen molar-refractivity contribution in [1.82, 2.24) is 0 Å². The van der Waals surface area contributed by atoms with Crippen LogP contribution in [0.1, 0.15) is 11.1 Å². The molecular weight excluding hydrogens is 372 g/mol. The topological polar surface area (TPSA) is 70.6 Å². The van der Waals surface area contributed by atoms with Crippen LogP contribution in [0.5, 0.6) is 0 Å². The minimum Gasteiger partial charge on any atom is -0.409 e. The third-order valence-electron chi connectivity index (χ3n) is 2.68. The first-order valence-corrected chi connectivity index (χ1v) is 6.93. The summed E-state index contributed by atoms with van der Waals surface area (Å²) in [5, 5.41) is 14.7. The molecule has 0 spiro atoms. The molecule has 2 aromatic rings. The molecule has 0 saturated heterocycles. The van der Waals surface area contributed by atoms with Gasteiger partial charge in [0.25, 0.3) is 0 Å². The van der Waals surface area contributed by atoms with E-state index in [2.05, 4.69) is 33.1 Å². The lowest BCUT2D eigenvalue weighted by molar-refractivity contribution is 0.318. The molecule has 0 aliphatic carbocycles. The van der Waals surface area contributed by atoms with E-state index < -0.39 is 5.82 Å². The van der Waals surface area contributed by atoms with E-state index in [1.54, 1.807) is 6.07 Å². The highest BCUT2D eigenvalue weighted by atomic mass is 127. The van der Waals surface area contributed by atoms with Gasteiger partial charge in [0.05, 0.1) is 0 Å². The number of rotatable bonds is 4. The van der Waals surface area contributed by atoms with Gasteiger partial charge in [0, 0.05) is 21.4 Å². The van der Waals surface area contributed by atoms with Gasteiger partial charge in [0.1, 0.15) is 5.82 Å². The summed E-state index contributed by atoms with van der Waals surface area (Å²) in [6.45, 7) is 0.448. The van der Waals surface area contributed by atoms with E-state index in [0.717, 1.165) is 9.26 Å². The Balaban J connectivity index is 2.15. The summed E-state index contributed by atoms with van der Waals surface area (Å²) < 4.78 is 14.6. The first kappa shape index (κ1) is 14.6. The van der Waals surface area contributed by atoms with Gasteiger partial charge in [-0.25, -0.2) is 4.39 Å². The molecule has 20 heavy (non-hydrogen) atoms. The number of nitrogens with two attached hydrogens (primary N) is 1. The number of halogens is 2. The third-order valence-corrected chi connectivity index (χ3v) is 3.35. The maximum absolute atomic E-state index is 13.5. The van der Waals surface area contributed by atoms with Crippen LogP contribution >= 0.6 is 22.6 Å². The molecule has 0 saturated carbocycles. The normalized spacial score (nSPS) is 11.4. The Morgan fingerprint density at radius 2 is 2.10 bits per heavy atom. The molecular formula is C14H13FIN3O. The Bertz CT molecular complexity index is 646. The van der Waals surface area contributed by atoms with Gasteiger partial charge < -0.3 is 16.3 Å². The Morgan fingerprint density at radius 3 is 2.80 bits per heavy atom. The number of anilines is 1. The average molecular weight is 385 g/mol. The van der Waals surface area contributed by atoms with Gasteiger partial charge in [-0.2, -0.15) is 0 Å². The van der Waals surface area contributed by atoms with Gasteiger partial charge in [0.2, 0.25) is 0 Å². The Morgan fingerprint density at radius 1 is 1.30 bits per heavy atom.